The van der Waals surface area contributed by atoms with Crippen LogP contribution in [0, 0.1) is 0 Å². The largest absolute Gasteiger partial charge is 0.504 e. The standard InChI is InChI=1S/C23H32N6O3/c1-13(2)19-21-20(27-26-19)22(24-11-15-7-8-17(31)18(32)10-15)25-23(29(21)14(3)4)28-9-5-6-16(28)12-30/h7-8,10,13-14,16,30-32H,5-6,9,11-12H2,1-4H3,(H,26,27). The quantitative estimate of drug-likeness (QED) is 0.437. The van der Waals surface area contributed by atoms with Crippen molar-refractivity contribution in [3.8, 4) is 11.5 Å². The first kappa shape index (κ1) is 22.1. The molecule has 4 N–H and O–H groups in total. The van der Waals surface area contributed by atoms with Crippen LogP contribution in [0.2, 0.25) is 0 Å². The molecule has 1 saturated heterocycles. The second kappa shape index (κ2) is 8.82. The highest BCUT2D eigenvalue weighted by Crippen LogP contribution is 2.31. The van der Waals surface area contributed by atoms with Gasteiger partial charge < -0.3 is 24.8 Å². The van der Waals surface area contributed by atoms with Gasteiger partial charge in [0.05, 0.1) is 30.4 Å². The highest BCUT2D eigenvalue weighted by atomic mass is 16.3. The summed E-state index contributed by atoms with van der Waals surface area (Å²) >= 11 is 0. The van der Waals surface area contributed by atoms with Crippen molar-refractivity contribution in [3.63, 3.8) is 0 Å². The molecule has 9 heteroatoms. The minimum absolute atomic E-state index is 0.0289. The molecule has 3 heterocycles. The third-order valence-corrected chi connectivity index (χ3v) is 6.03. The van der Waals surface area contributed by atoms with Crippen molar-refractivity contribution in [2.45, 2.75) is 65.1 Å². The molecule has 1 aromatic carbocycles. The number of hydrogen-bond acceptors (Lipinski definition) is 7. The summed E-state index contributed by atoms with van der Waals surface area (Å²) in [6.45, 7) is 9.70. The van der Waals surface area contributed by atoms with E-state index in [1.165, 1.54) is 12.1 Å². The van der Waals surface area contributed by atoms with Crippen LogP contribution in [0.15, 0.2) is 23.2 Å². The zero-order chi connectivity index (χ0) is 23.0. The van der Waals surface area contributed by atoms with E-state index in [2.05, 4.69) is 47.4 Å². The lowest BCUT2D eigenvalue weighted by atomic mass is 10.1. The minimum Gasteiger partial charge on any atom is -0.504 e. The van der Waals surface area contributed by atoms with E-state index in [4.69, 9.17) is 9.98 Å². The number of aromatic hydroxyl groups is 2. The van der Waals surface area contributed by atoms with Gasteiger partial charge in [0.25, 0.3) is 0 Å². The van der Waals surface area contributed by atoms with Gasteiger partial charge in [-0.15, -0.1) is 0 Å². The van der Waals surface area contributed by atoms with Crippen LogP contribution < -0.4 is 10.4 Å². The Labute approximate surface area is 187 Å². The molecule has 0 aliphatic carbocycles. The van der Waals surface area contributed by atoms with Crippen LogP contribution in [-0.4, -0.2) is 54.3 Å². The number of H-pyrrole nitrogens is 1. The number of aliphatic hydroxyl groups excluding tert-OH is 1. The molecule has 1 atom stereocenters. The molecule has 4 rings (SSSR count). The first-order valence-corrected chi connectivity index (χ1v) is 11.2. The minimum atomic E-state index is -0.174. The summed E-state index contributed by atoms with van der Waals surface area (Å²) in [5.74, 6) is 0.688. The van der Waals surface area contributed by atoms with E-state index in [0.717, 1.165) is 42.1 Å². The number of nitrogens with zero attached hydrogens (tertiary/aromatic N) is 5. The summed E-state index contributed by atoms with van der Waals surface area (Å²) in [4.78, 5) is 11.9. The van der Waals surface area contributed by atoms with Crippen LogP contribution in [0.1, 0.15) is 63.8 Å². The predicted molar refractivity (Wildman–Crippen MR) is 123 cm³/mol. The molecule has 1 aliphatic rings. The monoisotopic (exact) mass is 440 g/mol. The third kappa shape index (κ3) is 3.92. The van der Waals surface area contributed by atoms with E-state index in [1.807, 2.05) is 0 Å². The van der Waals surface area contributed by atoms with Crippen LogP contribution in [0.5, 0.6) is 11.5 Å². The van der Waals surface area contributed by atoms with Crippen LogP contribution in [0.3, 0.4) is 0 Å². The van der Waals surface area contributed by atoms with E-state index in [1.54, 1.807) is 6.07 Å². The molecule has 3 aromatic rings. The molecule has 32 heavy (non-hydrogen) atoms. The predicted octanol–water partition coefficient (Wildman–Crippen LogP) is 2.94. The number of anilines is 1. The lowest BCUT2D eigenvalue weighted by Gasteiger charge is -2.29. The van der Waals surface area contributed by atoms with Crippen molar-refractivity contribution in [3.05, 3.63) is 34.9 Å². The van der Waals surface area contributed by atoms with Gasteiger partial charge in [0, 0.05) is 12.6 Å². The van der Waals surface area contributed by atoms with Gasteiger partial charge in [-0.05, 0) is 50.3 Å². The maximum absolute atomic E-state index is 9.95. The molecule has 0 amide bonds. The Balaban J connectivity index is 1.94. The molecule has 1 aliphatic heterocycles. The van der Waals surface area contributed by atoms with E-state index in [0.29, 0.717) is 11.0 Å². The Morgan fingerprint density at radius 1 is 1.19 bits per heavy atom. The van der Waals surface area contributed by atoms with E-state index < -0.39 is 0 Å². The number of rotatable bonds is 6. The van der Waals surface area contributed by atoms with E-state index in [-0.39, 0.29) is 42.7 Å². The summed E-state index contributed by atoms with van der Waals surface area (Å²) in [6.07, 6.45) is 1.93. The first-order chi connectivity index (χ1) is 15.3. The Bertz CT molecular complexity index is 1180. The SMILES string of the molecule is CC(C)c1[nH]nc2c(=NCc3ccc(O)c(O)c3)nc(N3CCCC3CO)n(C(C)C)c12. The fourth-order valence-corrected chi connectivity index (χ4v) is 4.38. The molecule has 9 nitrogen and oxygen atoms in total. The van der Waals surface area contributed by atoms with Gasteiger partial charge in [0.15, 0.2) is 22.5 Å². The smallest absolute Gasteiger partial charge is 0.208 e. The molecule has 0 radical (unpaired) electrons. The van der Waals surface area contributed by atoms with Gasteiger partial charge in [0.1, 0.15) is 0 Å². The lowest BCUT2D eigenvalue weighted by Crippen LogP contribution is -2.37. The van der Waals surface area contributed by atoms with E-state index in [9.17, 15) is 15.3 Å². The van der Waals surface area contributed by atoms with Gasteiger partial charge in [-0.3, -0.25) is 10.1 Å². The van der Waals surface area contributed by atoms with Crippen LogP contribution in [0.25, 0.3) is 11.0 Å². The summed E-state index contributed by atoms with van der Waals surface area (Å²) in [5, 5.41) is 37.1. The maximum Gasteiger partial charge on any atom is 0.208 e. The van der Waals surface area contributed by atoms with Crippen LogP contribution in [-0.2, 0) is 6.54 Å². The van der Waals surface area contributed by atoms with E-state index >= 15 is 0 Å². The zero-order valence-corrected chi connectivity index (χ0v) is 19.1. The number of nitrogens with one attached hydrogen (secondary N) is 1. The Kier molecular flexibility index (Phi) is 6.10. The number of fused-ring (bicyclic) bond motifs is 1. The van der Waals surface area contributed by atoms with Gasteiger partial charge in [0.2, 0.25) is 5.95 Å². The molecule has 0 saturated carbocycles. The average Bonchev–Trinajstić information content (AvgIpc) is 3.40. The molecule has 172 valence electrons. The molecular weight excluding hydrogens is 408 g/mol. The molecule has 2 aromatic heterocycles. The van der Waals surface area contributed by atoms with Crippen molar-refractivity contribution in [1.29, 1.82) is 0 Å². The second-order valence-electron chi connectivity index (χ2n) is 9.00. The number of aromatic nitrogens is 4. The number of hydrogen-bond donors (Lipinski definition) is 4. The Morgan fingerprint density at radius 2 is 1.97 bits per heavy atom. The van der Waals surface area contributed by atoms with Crippen molar-refractivity contribution in [2.75, 3.05) is 18.1 Å². The summed E-state index contributed by atoms with van der Waals surface area (Å²) in [6, 6.07) is 4.84. The molecular formula is C23H32N6O3. The lowest BCUT2D eigenvalue weighted by molar-refractivity contribution is 0.265. The molecule has 1 unspecified atom stereocenters. The maximum atomic E-state index is 9.95. The number of aromatic amines is 1. The average molecular weight is 441 g/mol. The topological polar surface area (TPSA) is 123 Å². The summed E-state index contributed by atoms with van der Waals surface area (Å²) < 4.78 is 2.20. The zero-order valence-electron chi connectivity index (χ0n) is 19.1. The Morgan fingerprint density at radius 3 is 2.62 bits per heavy atom. The number of aliphatic hydroxyl groups is 1. The molecule has 0 spiro atoms. The van der Waals surface area contributed by atoms with Gasteiger partial charge >= 0.3 is 0 Å². The second-order valence-corrected chi connectivity index (χ2v) is 9.00. The van der Waals surface area contributed by atoms with Crippen LogP contribution >= 0.6 is 0 Å². The number of phenolic OH excluding ortho intramolecular Hbond substituents is 2. The third-order valence-electron chi connectivity index (χ3n) is 6.03. The van der Waals surface area contributed by atoms with Crippen molar-refractivity contribution >= 4 is 17.0 Å². The van der Waals surface area contributed by atoms with Gasteiger partial charge in [-0.25, -0.2) is 0 Å². The summed E-state index contributed by atoms with van der Waals surface area (Å²) in [5.41, 5.74) is 3.98. The number of phenols is 2. The molecule has 1 fully saturated rings. The highest BCUT2D eigenvalue weighted by molar-refractivity contribution is 5.79. The highest BCUT2D eigenvalue weighted by Gasteiger charge is 2.30. The fourth-order valence-electron chi connectivity index (χ4n) is 4.38. The Hall–Kier alpha value is -3.07. The van der Waals surface area contributed by atoms with Crippen molar-refractivity contribution < 1.29 is 15.3 Å². The van der Waals surface area contributed by atoms with Crippen molar-refractivity contribution in [1.82, 2.24) is 19.7 Å². The first-order valence-electron chi connectivity index (χ1n) is 11.2. The summed E-state index contributed by atoms with van der Waals surface area (Å²) in [7, 11) is 0. The normalized spacial score (nSPS) is 17.4. The molecule has 0 bridgehead atoms. The van der Waals surface area contributed by atoms with Gasteiger partial charge in [-0.2, -0.15) is 10.1 Å². The van der Waals surface area contributed by atoms with Gasteiger partial charge in [-0.1, -0.05) is 19.9 Å². The van der Waals surface area contributed by atoms with Crippen LogP contribution in [0.4, 0.5) is 5.95 Å². The fraction of sp³-hybridized carbons (Fsp3) is 0.522. The number of benzene rings is 1. The van der Waals surface area contributed by atoms with Crippen molar-refractivity contribution in [2.24, 2.45) is 4.99 Å².